The van der Waals surface area contributed by atoms with Crippen molar-refractivity contribution in [2.45, 2.75) is 38.1 Å². The molecule has 2 rings (SSSR count). The molecule has 110 valence electrons. The number of nitrogens with one attached hydrogen (secondary N) is 1. The molecule has 20 heavy (non-hydrogen) atoms. The molecule has 6 nitrogen and oxygen atoms in total. The molecule has 0 aliphatic carbocycles. The number of hydrogen-bond donors (Lipinski definition) is 2. The quantitative estimate of drug-likeness (QED) is 0.826. The van der Waals surface area contributed by atoms with Gasteiger partial charge >= 0.3 is 5.97 Å². The number of aryl methyl sites for hydroxylation is 1. The van der Waals surface area contributed by atoms with Crippen LogP contribution in [0.3, 0.4) is 0 Å². The van der Waals surface area contributed by atoms with E-state index in [0.29, 0.717) is 30.8 Å². The first-order valence-electron chi connectivity index (χ1n) is 6.75. The third kappa shape index (κ3) is 3.19. The Labute approximate surface area is 117 Å². The van der Waals surface area contributed by atoms with Gasteiger partial charge in [0.1, 0.15) is 5.76 Å². The first kappa shape index (κ1) is 14.6. The smallest absolute Gasteiger partial charge is 0.305 e. The number of hydrogen-bond acceptors (Lipinski definition) is 4. The van der Waals surface area contributed by atoms with Crippen LogP contribution >= 0.6 is 0 Å². The molecule has 2 N–H and O–H groups in total. The van der Waals surface area contributed by atoms with Crippen molar-refractivity contribution in [3.8, 4) is 0 Å². The van der Waals surface area contributed by atoms with Gasteiger partial charge < -0.3 is 19.6 Å². The van der Waals surface area contributed by atoms with Crippen LogP contribution in [0.5, 0.6) is 0 Å². The molecule has 1 aliphatic rings. The van der Waals surface area contributed by atoms with E-state index in [1.807, 2.05) is 6.92 Å². The standard InChI is InChI=1S/C14H19NO5/c1-2-3-11-10(4-6-20-11)13(18)15-14(8-12(16)17)5-7-19-9-14/h4,6H,2-3,5,7-9H2,1H3,(H,15,18)(H,16,17). The number of ether oxygens (including phenoxy) is 1. The highest BCUT2D eigenvalue weighted by Crippen LogP contribution is 2.24. The molecule has 1 fully saturated rings. The zero-order valence-corrected chi connectivity index (χ0v) is 11.5. The van der Waals surface area contributed by atoms with Gasteiger partial charge in [0.15, 0.2) is 0 Å². The molecule has 1 aromatic heterocycles. The lowest BCUT2D eigenvalue weighted by Gasteiger charge is -2.26. The van der Waals surface area contributed by atoms with Gasteiger partial charge in [-0.1, -0.05) is 6.92 Å². The van der Waals surface area contributed by atoms with Gasteiger partial charge in [-0.3, -0.25) is 9.59 Å². The molecule has 0 radical (unpaired) electrons. The largest absolute Gasteiger partial charge is 0.481 e. The molecule has 0 bridgehead atoms. The monoisotopic (exact) mass is 281 g/mol. The van der Waals surface area contributed by atoms with Crippen molar-refractivity contribution in [1.29, 1.82) is 0 Å². The molecule has 0 saturated carbocycles. The van der Waals surface area contributed by atoms with Crippen molar-refractivity contribution in [3.05, 3.63) is 23.7 Å². The minimum absolute atomic E-state index is 0.139. The van der Waals surface area contributed by atoms with E-state index in [9.17, 15) is 9.59 Å². The Kier molecular flexibility index (Phi) is 4.44. The first-order chi connectivity index (χ1) is 9.56. The third-order valence-corrected chi connectivity index (χ3v) is 3.44. The number of carbonyl (C=O) groups excluding carboxylic acids is 1. The molecule has 1 aliphatic heterocycles. The number of carboxylic acids is 1. The lowest BCUT2D eigenvalue weighted by molar-refractivity contribution is -0.138. The molecular weight excluding hydrogens is 262 g/mol. The van der Waals surface area contributed by atoms with Crippen molar-refractivity contribution in [2.24, 2.45) is 0 Å². The maximum absolute atomic E-state index is 12.3. The minimum Gasteiger partial charge on any atom is -0.481 e. The normalized spacial score (nSPS) is 21.9. The van der Waals surface area contributed by atoms with Crippen LogP contribution in [0.25, 0.3) is 0 Å². The summed E-state index contributed by atoms with van der Waals surface area (Å²) in [4.78, 5) is 23.3. The Morgan fingerprint density at radius 2 is 2.30 bits per heavy atom. The van der Waals surface area contributed by atoms with Gasteiger partial charge in [0.05, 0.1) is 30.4 Å². The molecule has 0 aromatic carbocycles. The highest BCUT2D eigenvalue weighted by atomic mass is 16.5. The minimum atomic E-state index is -0.947. The molecular formula is C14H19NO5. The Morgan fingerprint density at radius 1 is 1.50 bits per heavy atom. The lowest BCUT2D eigenvalue weighted by atomic mass is 9.93. The van der Waals surface area contributed by atoms with Crippen LogP contribution in [-0.4, -0.2) is 35.7 Å². The number of rotatable bonds is 6. The van der Waals surface area contributed by atoms with Gasteiger partial charge in [-0.2, -0.15) is 0 Å². The van der Waals surface area contributed by atoms with Gasteiger partial charge in [-0.25, -0.2) is 0 Å². The van der Waals surface area contributed by atoms with E-state index in [0.717, 1.165) is 6.42 Å². The van der Waals surface area contributed by atoms with E-state index in [2.05, 4.69) is 5.32 Å². The van der Waals surface area contributed by atoms with Crippen molar-refractivity contribution in [3.63, 3.8) is 0 Å². The summed E-state index contributed by atoms with van der Waals surface area (Å²) in [6.45, 7) is 2.69. The summed E-state index contributed by atoms with van der Waals surface area (Å²) in [5, 5.41) is 11.8. The Morgan fingerprint density at radius 3 is 2.90 bits per heavy atom. The van der Waals surface area contributed by atoms with E-state index in [1.54, 1.807) is 6.07 Å². The summed E-state index contributed by atoms with van der Waals surface area (Å²) in [5.41, 5.74) is -0.340. The highest BCUT2D eigenvalue weighted by Gasteiger charge is 2.39. The van der Waals surface area contributed by atoms with Crippen molar-refractivity contribution >= 4 is 11.9 Å². The summed E-state index contributed by atoms with van der Waals surface area (Å²) in [6.07, 6.45) is 3.40. The van der Waals surface area contributed by atoms with Crippen LogP contribution in [0.2, 0.25) is 0 Å². The van der Waals surface area contributed by atoms with E-state index in [-0.39, 0.29) is 18.9 Å². The number of amides is 1. The molecule has 2 heterocycles. The molecule has 1 amide bonds. The van der Waals surface area contributed by atoms with Crippen LogP contribution in [0.15, 0.2) is 16.7 Å². The van der Waals surface area contributed by atoms with Gasteiger partial charge in [0.2, 0.25) is 0 Å². The van der Waals surface area contributed by atoms with Gasteiger partial charge in [-0.15, -0.1) is 0 Å². The molecule has 1 atom stereocenters. The second kappa shape index (κ2) is 6.09. The van der Waals surface area contributed by atoms with Crippen molar-refractivity contribution in [2.75, 3.05) is 13.2 Å². The Balaban J connectivity index is 2.12. The van der Waals surface area contributed by atoms with Gasteiger partial charge in [0, 0.05) is 13.0 Å². The average Bonchev–Trinajstić information content (AvgIpc) is 2.98. The van der Waals surface area contributed by atoms with Gasteiger partial charge in [0.25, 0.3) is 5.91 Å². The Hall–Kier alpha value is -1.82. The molecule has 1 saturated heterocycles. The number of carboxylic acid groups (broad SMARTS) is 1. The van der Waals surface area contributed by atoms with Crippen LogP contribution in [0.1, 0.15) is 42.3 Å². The topological polar surface area (TPSA) is 88.8 Å². The van der Waals surface area contributed by atoms with E-state index in [1.165, 1.54) is 6.26 Å². The van der Waals surface area contributed by atoms with Crippen LogP contribution < -0.4 is 5.32 Å². The molecule has 1 aromatic rings. The Bertz CT molecular complexity index is 488. The first-order valence-corrected chi connectivity index (χ1v) is 6.75. The molecule has 6 heteroatoms. The van der Waals surface area contributed by atoms with E-state index < -0.39 is 11.5 Å². The van der Waals surface area contributed by atoms with Crippen LogP contribution in [0, 0.1) is 0 Å². The number of carbonyl (C=O) groups is 2. The molecule has 0 spiro atoms. The maximum Gasteiger partial charge on any atom is 0.305 e. The lowest BCUT2D eigenvalue weighted by Crippen LogP contribution is -2.50. The highest BCUT2D eigenvalue weighted by molar-refractivity contribution is 5.96. The summed E-state index contributed by atoms with van der Waals surface area (Å²) < 4.78 is 10.6. The second-order valence-corrected chi connectivity index (χ2v) is 5.12. The van der Waals surface area contributed by atoms with Crippen molar-refractivity contribution in [1.82, 2.24) is 5.32 Å². The zero-order valence-electron chi connectivity index (χ0n) is 11.5. The third-order valence-electron chi connectivity index (χ3n) is 3.44. The van der Waals surface area contributed by atoms with Crippen LogP contribution in [-0.2, 0) is 16.0 Å². The zero-order chi connectivity index (χ0) is 14.6. The SMILES string of the molecule is CCCc1occc1C(=O)NC1(CC(=O)O)CCOC1. The predicted molar refractivity (Wildman–Crippen MR) is 70.6 cm³/mol. The fraction of sp³-hybridized carbons (Fsp3) is 0.571. The van der Waals surface area contributed by atoms with Crippen LogP contribution in [0.4, 0.5) is 0 Å². The summed E-state index contributed by atoms with van der Waals surface area (Å²) in [6, 6.07) is 1.62. The van der Waals surface area contributed by atoms with E-state index in [4.69, 9.17) is 14.3 Å². The summed E-state index contributed by atoms with van der Waals surface area (Å²) in [7, 11) is 0. The summed E-state index contributed by atoms with van der Waals surface area (Å²) >= 11 is 0. The number of aliphatic carboxylic acids is 1. The number of furan rings is 1. The maximum atomic E-state index is 12.3. The molecule has 1 unspecified atom stereocenters. The fourth-order valence-electron chi connectivity index (χ4n) is 2.45. The summed E-state index contributed by atoms with van der Waals surface area (Å²) in [5.74, 6) is -0.611. The fourth-order valence-corrected chi connectivity index (χ4v) is 2.45. The predicted octanol–water partition coefficient (Wildman–Crippen LogP) is 1.60. The van der Waals surface area contributed by atoms with Crippen molar-refractivity contribution < 1.29 is 23.8 Å². The average molecular weight is 281 g/mol. The van der Waals surface area contributed by atoms with Gasteiger partial charge in [-0.05, 0) is 18.9 Å². The van der Waals surface area contributed by atoms with E-state index >= 15 is 0 Å². The second-order valence-electron chi connectivity index (χ2n) is 5.12.